The minimum atomic E-state index is 0.0905. The van der Waals surface area contributed by atoms with E-state index in [4.69, 9.17) is 5.53 Å². The molecule has 0 aromatic heterocycles. The number of hydrogen-bond acceptors (Lipinski definition) is 3. The molecular weight excluding hydrogens is 262 g/mol. The summed E-state index contributed by atoms with van der Waals surface area (Å²) in [5, 5.41) is 3.73. The molecule has 0 N–H and O–H groups in total. The Hall–Kier alpha value is -1.71. The number of benzene rings is 1. The van der Waals surface area contributed by atoms with Gasteiger partial charge in [0, 0.05) is 42.8 Å². The van der Waals surface area contributed by atoms with Gasteiger partial charge in [0.15, 0.2) is 0 Å². The fraction of sp³-hybridized carbons (Fsp3) is 0.625. The lowest BCUT2D eigenvalue weighted by molar-refractivity contribution is 0.250. The molecule has 1 fully saturated rings. The van der Waals surface area contributed by atoms with Crippen molar-refractivity contribution in [3.8, 4) is 0 Å². The van der Waals surface area contributed by atoms with Gasteiger partial charge in [0.25, 0.3) is 0 Å². The van der Waals surface area contributed by atoms with E-state index in [9.17, 15) is 0 Å². The third-order valence-corrected chi connectivity index (χ3v) is 4.34. The summed E-state index contributed by atoms with van der Waals surface area (Å²) in [6, 6.07) is 6.81. The third-order valence-electron chi connectivity index (χ3n) is 4.34. The predicted molar refractivity (Wildman–Crippen MR) is 87.8 cm³/mol. The van der Waals surface area contributed by atoms with Crippen LogP contribution in [0.15, 0.2) is 23.3 Å². The van der Waals surface area contributed by atoms with E-state index >= 15 is 0 Å². The smallest absolute Gasteiger partial charge is 0.0369 e. The summed E-state index contributed by atoms with van der Waals surface area (Å²) < 4.78 is 0. The number of azide groups is 1. The summed E-state index contributed by atoms with van der Waals surface area (Å²) in [5.74, 6) is 0. The van der Waals surface area contributed by atoms with Crippen molar-refractivity contribution in [3.63, 3.8) is 0 Å². The number of rotatable bonds is 5. The first-order valence-corrected chi connectivity index (χ1v) is 7.69. The van der Waals surface area contributed by atoms with Crippen molar-refractivity contribution in [2.24, 2.45) is 5.11 Å². The van der Waals surface area contributed by atoms with Crippen LogP contribution >= 0.6 is 0 Å². The second-order valence-electron chi connectivity index (χ2n) is 5.94. The summed E-state index contributed by atoms with van der Waals surface area (Å²) in [6.45, 7) is 11.6. The highest BCUT2D eigenvalue weighted by molar-refractivity contribution is 5.51. The fourth-order valence-corrected chi connectivity index (χ4v) is 2.67. The van der Waals surface area contributed by atoms with Gasteiger partial charge in [-0.05, 0) is 55.6 Å². The topological polar surface area (TPSA) is 55.2 Å². The Morgan fingerprint density at radius 1 is 1.19 bits per heavy atom. The Morgan fingerprint density at radius 2 is 1.90 bits per heavy atom. The van der Waals surface area contributed by atoms with E-state index in [1.807, 2.05) is 6.92 Å². The van der Waals surface area contributed by atoms with Crippen LogP contribution < -0.4 is 4.90 Å². The van der Waals surface area contributed by atoms with Crippen LogP contribution in [-0.2, 0) is 0 Å². The maximum atomic E-state index is 8.41. The van der Waals surface area contributed by atoms with Crippen molar-refractivity contribution in [1.29, 1.82) is 0 Å². The molecule has 0 radical (unpaired) electrons. The Labute approximate surface area is 127 Å². The predicted octanol–water partition coefficient (Wildman–Crippen LogP) is 3.51. The molecule has 5 nitrogen and oxygen atoms in total. The van der Waals surface area contributed by atoms with Gasteiger partial charge >= 0.3 is 0 Å². The van der Waals surface area contributed by atoms with Crippen LogP contribution in [0.25, 0.3) is 10.4 Å². The maximum absolute atomic E-state index is 8.41. The van der Waals surface area contributed by atoms with Crippen molar-refractivity contribution in [2.75, 3.05) is 37.6 Å². The van der Waals surface area contributed by atoms with Gasteiger partial charge in [0.2, 0.25) is 0 Å². The SMILES string of the molecule is Cc1ccc(N2CCN(CCC(C)N=[N+]=[N-])CC2)cc1C. The quantitative estimate of drug-likeness (QED) is 0.472. The second kappa shape index (κ2) is 7.34. The summed E-state index contributed by atoms with van der Waals surface area (Å²) >= 11 is 0. The van der Waals surface area contributed by atoms with Crippen molar-refractivity contribution < 1.29 is 0 Å². The molecule has 0 saturated carbocycles. The Balaban J connectivity index is 1.82. The molecule has 2 rings (SSSR count). The van der Waals surface area contributed by atoms with Gasteiger partial charge in [0.05, 0.1) is 0 Å². The molecule has 21 heavy (non-hydrogen) atoms. The zero-order chi connectivity index (χ0) is 15.2. The monoisotopic (exact) mass is 287 g/mol. The molecule has 1 aliphatic heterocycles. The van der Waals surface area contributed by atoms with Gasteiger partial charge in [-0.15, -0.1) is 0 Å². The normalized spacial score (nSPS) is 17.4. The van der Waals surface area contributed by atoms with E-state index in [1.165, 1.54) is 16.8 Å². The van der Waals surface area contributed by atoms with Crippen molar-refractivity contribution in [2.45, 2.75) is 33.2 Å². The van der Waals surface area contributed by atoms with Gasteiger partial charge < -0.3 is 4.90 Å². The molecule has 0 amide bonds. The molecule has 1 unspecified atom stereocenters. The highest BCUT2D eigenvalue weighted by Gasteiger charge is 2.17. The van der Waals surface area contributed by atoms with Gasteiger partial charge in [-0.1, -0.05) is 18.1 Å². The van der Waals surface area contributed by atoms with E-state index in [1.54, 1.807) is 0 Å². The lowest BCUT2D eigenvalue weighted by Crippen LogP contribution is -2.47. The van der Waals surface area contributed by atoms with Gasteiger partial charge in [-0.25, -0.2) is 0 Å². The highest BCUT2D eigenvalue weighted by Crippen LogP contribution is 2.20. The van der Waals surface area contributed by atoms with E-state index in [0.29, 0.717) is 0 Å². The van der Waals surface area contributed by atoms with E-state index in [-0.39, 0.29) is 6.04 Å². The first-order valence-electron chi connectivity index (χ1n) is 7.69. The average molecular weight is 287 g/mol. The molecule has 1 saturated heterocycles. The summed E-state index contributed by atoms with van der Waals surface area (Å²) in [5.41, 5.74) is 12.5. The molecule has 5 heteroatoms. The molecule has 1 atom stereocenters. The van der Waals surface area contributed by atoms with Crippen LogP contribution in [0.2, 0.25) is 0 Å². The minimum absolute atomic E-state index is 0.0905. The third kappa shape index (κ3) is 4.38. The largest absolute Gasteiger partial charge is 0.369 e. The number of anilines is 1. The molecule has 0 bridgehead atoms. The number of hydrogen-bond donors (Lipinski definition) is 0. The Morgan fingerprint density at radius 3 is 2.52 bits per heavy atom. The fourth-order valence-electron chi connectivity index (χ4n) is 2.67. The van der Waals surface area contributed by atoms with Gasteiger partial charge in [-0.3, -0.25) is 4.90 Å². The summed E-state index contributed by atoms with van der Waals surface area (Å²) in [6.07, 6.45) is 0.938. The molecule has 1 aromatic carbocycles. The van der Waals surface area contributed by atoms with Crippen LogP contribution in [0, 0.1) is 13.8 Å². The molecule has 0 spiro atoms. The lowest BCUT2D eigenvalue weighted by atomic mass is 10.1. The van der Waals surface area contributed by atoms with Crippen LogP contribution in [-0.4, -0.2) is 43.7 Å². The van der Waals surface area contributed by atoms with Gasteiger partial charge in [-0.2, -0.15) is 0 Å². The van der Waals surface area contributed by atoms with Crippen molar-refractivity contribution in [3.05, 3.63) is 39.8 Å². The van der Waals surface area contributed by atoms with Crippen LogP contribution in [0.4, 0.5) is 5.69 Å². The molecule has 1 aliphatic rings. The zero-order valence-corrected chi connectivity index (χ0v) is 13.3. The van der Waals surface area contributed by atoms with E-state index in [2.05, 4.69) is 51.9 Å². The second-order valence-corrected chi connectivity index (χ2v) is 5.94. The van der Waals surface area contributed by atoms with Crippen LogP contribution in [0.1, 0.15) is 24.5 Å². The summed E-state index contributed by atoms with van der Waals surface area (Å²) in [7, 11) is 0. The Bertz CT molecular complexity index is 513. The minimum Gasteiger partial charge on any atom is -0.369 e. The first-order chi connectivity index (χ1) is 10.1. The van der Waals surface area contributed by atoms with E-state index in [0.717, 1.165) is 39.1 Å². The number of aryl methyl sites for hydroxylation is 2. The number of nitrogens with zero attached hydrogens (tertiary/aromatic N) is 5. The van der Waals surface area contributed by atoms with Crippen molar-refractivity contribution >= 4 is 5.69 Å². The highest BCUT2D eigenvalue weighted by atomic mass is 15.3. The maximum Gasteiger partial charge on any atom is 0.0369 e. The molecule has 0 aliphatic carbocycles. The van der Waals surface area contributed by atoms with E-state index < -0.39 is 0 Å². The van der Waals surface area contributed by atoms with Crippen molar-refractivity contribution in [1.82, 2.24) is 4.90 Å². The first kappa shape index (κ1) is 15.7. The zero-order valence-electron chi connectivity index (χ0n) is 13.3. The summed E-state index contributed by atoms with van der Waals surface area (Å²) in [4.78, 5) is 7.78. The van der Waals surface area contributed by atoms with Crippen LogP contribution in [0.3, 0.4) is 0 Å². The van der Waals surface area contributed by atoms with Gasteiger partial charge in [0.1, 0.15) is 0 Å². The Kier molecular flexibility index (Phi) is 5.48. The van der Waals surface area contributed by atoms with Crippen LogP contribution in [0.5, 0.6) is 0 Å². The molecule has 1 aromatic rings. The lowest BCUT2D eigenvalue weighted by Gasteiger charge is -2.36. The molecule has 114 valence electrons. The molecule has 1 heterocycles. The molecular formula is C16H25N5. The number of piperazine rings is 1. The standard InChI is InChI=1S/C16H25N5/c1-13-4-5-16(12-14(13)2)21-10-8-20(9-11-21)7-6-15(3)18-19-17/h4-5,12,15H,6-11H2,1-3H3. The average Bonchev–Trinajstić information content (AvgIpc) is 2.49.